The van der Waals surface area contributed by atoms with Crippen molar-refractivity contribution in [3.05, 3.63) is 59.4 Å². The second kappa shape index (κ2) is 4.87. The van der Waals surface area contributed by atoms with E-state index in [1.54, 1.807) is 6.07 Å². The van der Waals surface area contributed by atoms with E-state index in [1.165, 1.54) is 12.1 Å². The highest BCUT2D eigenvalue weighted by Crippen LogP contribution is 2.15. The van der Waals surface area contributed by atoms with Gasteiger partial charge in [0.2, 0.25) is 0 Å². The molecule has 0 fully saturated rings. The Balaban J connectivity index is 2.19. The van der Waals surface area contributed by atoms with Crippen molar-refractivity contribution in [2.75, 3.05) is 11.1 Å². The second-order valence-corrected chi connectivity index (χ2v) is 4.06. The van der Waals surface area contributed by atoms with Crippen LogP contribution in [0.5, 0.6) is 0 Å². The Morgan fingerprint density at radius 1 is 1.22 bits per heavy atom. The highest BCUT2D eigenvalue weighted by Gasteiger charge is 2.08. The van der Waals surface area contributed by atoms with Crippen LogP contribution in [-0.4, -0.2) is 5.91 Å². The molecule has 0 heterocycles. The van der Waals surface area contributed by atoms with Gasteiger partial charge in [0.25, 0.3) is 5.91 Å². The van der Waals surface area contributed by atoms with Crippen molar-refractivity contribution in [3.63, 3.8) is 0 Å². The number of rotatable bonds is 2. The van der Waals surface area contributed by atoms with Crippen LogP contribution < -0.4 is 11.1 Å². The van der Waals surface area contributed by atoms with Crippen LogP contribution in [0.1, 0.15) is 15.9 Å². The van der Waals surface area contributed by atoms with E-state index in [-0.39, 0.29) is 17.2 Å². The minimum Gasteiger partial charge on any atom is -0.396 e. The highest BCUT2D eigenvalue weighted by molar-refractivity contribution is 6.04. The standard InChI is InChI=1S/C14H13FN2O/c1-9-3-2-4-11(7-9)17-14(18)10-5-6-13(16)12(15)8-10/h2-8H,16H2,1H3,(H,17,18). The van der Waals surface area contributed by atoms with Gasteiger partial charge in [0.05, 0.1) is 5.69 Å². The van der Waals surface area contributed by atoms with Gasteiger partial charge >= 0.3 is 0 Å². The fourth-order valence-corrected chi connectivity index (χ4v) is 1.59. The summed E-state index contributed by atoms with van der Waals surface area (Å²) in [7, 11) is 0. The number of nitrogens with two attached hydrogens (primary N) is 1. The molecule has 2 aromatic carbocycles. The quantitative estimate of drug-likeness (QED) is 0.798. The van der Waals surface area contributed by atoms with Crippen LogP contribution in [-0.2, 0) is 0 Å². The monoisotopic (exact) mass is 244 g/mol. The zero-order valence-corrected chi connectivity index (χ0v) is 9.91. The topological polar surface area (TPSA) is 55.1 Å². The molecule has 0 aliphatic heterocycles. The van der Waals surface area contributed by atoms with E-state index >= 15 is 0 Å². The van der Waals surface area contributed by atoms with E-state index < -0.39 is 5.82 Å². The van der Waals surface area contributed by atoms with Crippen molar-refractivity contribution in [1.29, 1.82) is 0 Å². The van der Waals surface area contributed by atoms with Crippen LogP contribution in [0.25, 0.3) is 0 Å². The molecular weight excluding hydrogens is 231 g/mol. The van der Waals surface area contributed by atoms with Gasteiger partial charge in [-0.25, -0.2) is 4.39 Å². The number of nitrogens with one attached hydrogen (secondary N) is 1. The lowest BCUT2D eigenvalue weighted by Gasteiger charge is -2.06. The molecular formula is C14H13FN2O. The van der Waals surface area contributed by atoms with Gasteiger partial charge in [0.15, 0.2) is 0 Å². The number of halogens is 1. The molecule has 18 heavy (non-hydrogen) atoms. The molecule has 0 saturated heterocycles. The van der Waals surface area contributed by atoms with Crippen molar-refractivity contribution in [3.8, 4) is 0 Å². The molecule has 2 rings (SSSR count). The van der Waals surface area contributed by atoms with Crippen LogP contribution in [0, 0.1) is 12.7 Å². The smallest absolute Gasteiger partial charge is 0.255 e. The molecule has 0 bridgehead atoms. The first kappa shape index (κ1) is 12.1. The molecule has 3 N–H and O–H groups in total. The lowest BCUT2D eigenvalue weighted by Crippen LogP contribution is -2.12. The second-order valence-electron chi connectivity index (χ2n) is 4.06. The molecule has 0 unspecified atom stereocenters. The van der Waals surface area contributed by atoms with Gasteiger partial charge < -0.3 is 11.1 Å². The summed E-state index contributed by atoms with van der Waals surface area (Å²) in [5.41, 5.74) is 7.34. The number of carbonyl (C=O) groups is 1. The summed E-state index contributed by atoms with van der Waals surface area (Å²) < 4.78 is 13.2. The van der Waals surface area contributed by atoms with E-state index in [2.05, 4.69) is 5.32 Å². The molecule has 0 aromatic heterocycles. The summed E-state index contributed by atoms with van der Waals surface area (Å²) in [6.45, 7) is 1.93. The van der Waals surface area contributed by atoms with Crippen molar-refractivity contribution in [2.24, 2.45) is 0 Å². The minimum absolute atomic E-state index is 0.0297. The molecule has 0 spiro atoms. The fourth-order valence-electron chi connectivity index (χ4n) is 1.59. The molecule has 0 saturated carbocycles. The molecule has 0 atom stereocenters. The van der Waals surface area contributed by atoms with Crippen LogP contribution in [0.3, 0.4) is 0 Å². The Morgan fingerprint density at radius 2 is 2.00 bits per heavy atom. The fraction of sp³-hybridized carbons (Fsp3) is 0.0714. The van der Waals surface area contributed by atoms with Gasteiger partial charge in [0.1, 0.15) is 5.82 Å². The van der Waals surface area contributed by atoms with Crippen molar-refractivity contribution in [2.45, 2.75) is 6.92 Å². The molecule has 3 nitrogen and oxygen atoms in total. The van der Waals surface area contributed by atoms with Crippen LogP contribution >= 0.6 is 0 Å². The largest absolute Gasteiger partial charge is 0.396 e. The van der Waals surface area contributed by atoms with E-state index in [0.717, 1.165) is 11.6 Å². The summed E-state index contributed by atoms with van der Waals surface area (Å²) in [6.07, 6.45) is 0. The summed E-state index contributed by atoms with van der Waals surface area (Å²) in [6, 6.07) is 11.4. The van der Waals surface area contributed by atoms with Crippen LogP contribution in [0.2, 0.25) is 0 Å². The lowest BCUT2D eigenvalue weighted by molar-refractivity contribution is 0.102. The molecule has 4 heteroatoms. The molecule has 92 valence electrons. The lowest BCUT2D eigenvalue weighted by atomic mass is 10.1. The Hall–Kier alpha value is -2.36. The number of anilines is 2. The maximum absolute atomic E-state index is 13.2. The summed E-state index contributed by atoms with van der Waals surface area (Å²) in [5.74, 6) is -0.952. The number of hydrogen-bond donors (Lipinski definition) is 2. The van der Waals surface area contributed by atoms with Gasteiger partial charge in [-0.3, -0.25) is 4.79 Å². The predicted molar refractivity (Wildman–Crippen MR) is 69.9 cm³/mol. The number of carbonyl (C=O) groups excluding carboxylic acids is 1. The first-order valence-corrected chi connectivity index (χ1v) is 5.49. The first-order chi connectivity index (χ1) is 8.56. The summed E-state index contributed by atoms with van der Waals surface area (Å²) in [4.78, 5) is 11.9. The van der Waals surface area contributed by atoms with E-state index in [4.69, 9.17) is 5.73 Å². The van der Waals surface area contributed by atoms with E-state index in [0.29, 0.717) is 5.69 Å². The Kier molecular flexibility index (Phi) is 3.28. The van der Waals surface area contributed by atoms with Crippen molar-refractivity contribution < 1.29 is 9.18 Å². The van der Waals surface area contributed by atoms with Gasteiger partial charge in [-0.15, -0.1) is 0 Å². The Labute approximate surface area is 104 Å². The third kappa shape index (κ3) is 2.66. The maximum Gasteiger partial charge on any atom is 0.255 e. The Bertz CT molecular complexity index is 596. The zero-order chi connectivity index (χ0) is 13.1. The van der Waals surface area contributed by atoms with Crippen LogP contribution in [0.15, 0.2) is 42.5 Å². The molecule has 0 aliphatic rings. The number of aryl methyl sites for hydroxylation is 1. The molecule has 0 aliphatic carbocycles. The molecule has 2 aromatic rings. The van der Waals surface area contributed by atoms with Gasteiger partial charge in [-0.1, -0.05) is 12.1 Å². The number of nitrogen functional groups attached to an aromatic ring is 1. The van der Waals surface area contributed by atoms with Crippen molar-refractivity contribution >= 4 is 17.3 Å². The number of benzene rings is 2. The average molecular weight is 244 g/mol. The normalized spacial score (nSPS) is 10.1. The number of hydrogen-bond acceptors (Lipinski definition) is 2. The maximum atomic E-state index is 13.2. The summed E-state index contributed by atoms with van der Waals surface area (Å²) in [5, 5.41) is 2.70. The third-order valence-electron chi connectivity index (χ3n) is 2.54. The zero-order valence-electron chi connectivity index (χ0n) is 9.91. The molecule has 1 amide bonds. The highest BCUT2D eigenvalue weighted by atomic mass is 19.1. The number of amides is 1. The third-order valence-corrected chi connectivity index (χ3v) is 2.54. The van der Waals surface area contributed by atoms with E-state index in [9.17, 15) is 9.18 Å². The summed E-state index contributed by atoms with van der Waals surface area (Å²) >= 11 is 0. The molecule has 0 radical (unpaired) electrons. The Morgan fingerprint density at radius 3 is 2.67 bits per heavy atom. The predicted octanol–water partition coefficient (Wildman–Crippen LogP) is 2.97. The van der Waals surface area contributed by atoms with E-state index in [1.807, 2.05) is 25.1 Å². The SMILES string of the molecule is Cc1cccc(NC(=O)c2ccc(N)c(F)c2)c1. The first-order valence-electron chi connectivity index (χ1n) is 5.49. The van der Waals surface area contributed by atoms with Gasteiger partial charge in [-0.05, 0) is 42.8 Å². The average Bonchev–Trinajstić information content (AvgIpc) is 2.32. The van der Waals surface area contributed by atoms with Gasteiger partial charge in [0, 0.05) is 11.3 Å². The minimum atomic E-state index is -0.591. The van der Waals surface area contributed by atoms with Gasteiger partial charge in [-0.2, -0.15) is 0 Å². The van der Waals surface area contributed by atoms with Crippen molar-refractivity contribution in [1.82, 2.24) is 0 Å². The van der Waals surface area contributed by atoms with Crippen LogP contribution in [0.4, 0.5) is 15.8 Å².